The molecule has 29 heavy (non-hydrogen) atoms. The molecule has 0 saturated carbocycles. The Balaban J connectivity index is 2.94. The van der Waals surface area contributed by atoms with E-state index in [1.807, 2.05) is 13.0 Å². The molecule has 0 amide bonds. The normalized spacial score (nSPS) is 22.6. The van der Waals surface area contributed by atoms with Gasteiger partial charge in [0.25, 0.3) is 0 Å². The van der Waals surface area contributed by atoms with Gasteiger partial charge in [-0.3, -0.25) is 4.79 Å². The molecule has 1 aliphatic rings. The minimum Gasteiger partial charge on any atom is -0.459 e. The van der Waals surface area contributed by atoms with Crippen molar-refractivity contribution >= 4 is 22.6 Å². The van der Waals surface area contributed by atoms with E-state index in [0.717, 1.165) is 0 Å². The Morgan fingerprint density at radius 3 is 1.90 bits per heavy atom. The first kappa shape index (κ1) is 26.6. The summed E-state index contributed by atoms with van der Waals surface area (Å²) in [6.45, 7) is 23.8. The summed E-state index contributed by atoms with van der Waals surface area (Å²) in [5.74, 6) is -0.178. The molecule has 0 aromatic carbocycles. The molecule has 170 valence electrons. The van der Waals surface area contributed by atoms with E-state index in [-0.39, 0.29) is 34.4 Å². The Bertz CT molecular complexity index is 587. The van der Waals surface area contributed by atoms with Crippen molar-refractivity contribution in [3.05, 3.63) is 12.2 Å². The van der Waals surface area contributed by atoms with E-state index in [1.165, 1.54) is 0 Å². The van der Waals surface area contributed by atoms with Gasteiger partial charge in [0.05, 0.1) is 12.2 Å². The van der Waals surface area contributed by atoms with Crippen molar-refractivity contribution in [2.24, 2.45) is 0 Å². The molecule has 0 radical (unpaired) electrons. The zero-order valence-corrected chi connectivity index (χ0v) is 22.5. The minimum atomic E-state index is -2.07. The van der Waals surface area contributed by atoms with E-state index < -0.39 is 22.7 Å². The maximum absolute atomic E-state index is 11.7. The molecule has 1 fully saturated rings. The summed E-state index contributed by atoms with van der Waals surface area (Å²) in [5.41, 5.74) is 0. The third-order valence-electron chi connectivity index (χ3n) is 6.78. The maximum atomic E-state index is 11.7. The lowest BCUT2D eigenvalue weighted by Crippen LogP contribution is -2.47. The average molecular weight is 445 g/mol. The molecule has 1 N–H and O–H groups in total. The Labute approximate surface area is 180 Å². The molecule has 1 aliphatic heterocycles. The number of aliphatic hydroxyl groups excluding tert-OH is 1. The molecular weight excluding hydrogens is 400 g/mol. The van der Waals surface area contributed by atoms with Crippen molar-refractivity contribution in [1.82, 2.24) is 0 Å². The summed E-state index contributed by atoms with van der Waals surface area (Å²) in [6.07, 6.45) is 2.99. The molecule has 0 bridgehead atoms. The molecule has 0 spiro atoms. The van der Waals surface area contributed by atoms with E-state index >= 15 is 0 Å². The van der Waals surface area contributed by atoms with Crippen LogP contribution in [0, 0.1) is 0 Å². The number of aliphatic hydroxyl groups is 1. The summed E-state index contributed by atoms with van der Waals surface area (Å²) in [7, 11) is -4.04. The van der Waals surface area contributed by atoms with Crippen LogP contribution in [0.3, 0.4) is 0 Å². The van der Waals surface area contributed by atoms with Gasteiger partial charge in [-0.25, -0.2) is 0 Å². The van der Waals surface area contributed by atoms with Crippen molar-refractivity contribution in [3.8, 4) is 0 Å². The van der Waals surface area contributed by atoms with E-state index in [9.17, 15) is 9.90 Å². The van der Waals surface area contributed by atoms with Crippen LogP contribution < -0.4 is 0 Å². The largest absolute Gasteiger partial charge is 0.459 e. The predicted molar refractivity (Wildman–Crippen MR) is 124 cm³/mol. The third kappa shape index (κ3) is 7.31. The Kier molecular flexibility index (Phi) is 8.56. The molecule has 5 nitrogen and oxygen atoms in total. The van der Waals surface area contributed by atoms with Crippen molar-refractivity contribution in [2.45, 2.75) is 122 Å². The van der Waals surface area contributed by atoms with Gasteiger partial charge in [-0.05, 0) is 49.6 Å². The van der Waals surface area contributed by atoms with Gasteiger partial charge < -0.3 is 18.7 Å². The number of ether oxygens (including phenoxy) is 1. The number of carbonyl (C=O) groups is 1. The summed E-state index contributed by atoms with van der Waals surface area (Å²) in [6, 6.07) is 0. The quantitative estimate of drug-likeness (QED) is 0.308. The molecule has 0 aliphatic carbocycles. The highest BCUT2D eigenvalue weighted by Gasteiger charge is 2.42. The summed E-state index contributed by atoms with van der Waals surface area (Å²) < 4.78 is 18.4. The van der Waals surface area contributed by atoms with Crippen LogP contribution in [-0.2, 0) is 18.4 Å². The molecule has 1 saturated heterocycles. The Hall–Kier alpha value is -0.476. The smallest absolute Gasteiger partial charge is 0.306 e. The van der Waals surface area contributed by atoms with E-state index in [1.54, 1.807) is 6.08 Å². The summed E-state index contributed by atoms with van der Waals surface area (Å²) in [5, 5.41) is 10.8. The van der Waals surface area contributed by atoms with Gasteiger partial charge in [-0.15, -0.1) is 0 Å². The van der Waals surface area contributed by atoms with Crippen LogP contribution in [0.5, 0.6) is 0 Å². The van der Waals surface area contributed by atoms with E-state index in [0.29, 0.717) is 12.8 Å². The third-order valence-corrected chi connectivity index (χ3v) is 15.8. The number of cyclic esters (lactones) is 1. The first-order chi connectivity index (χ1) is 12.9. The molecule has 1 rings (SSSR count). The monoisotopic (exact) mass is 444 g/mol. The first-order valence-electron chi connectivity index (χ1n) is 10.8. The van der Waals surface area contributed by atoms with Crippen LogP contribution in [0.25, 0.3) is 0 Å². The number of esters is 1. The highest BCUT2D eigenvalue weighted by Crippen LogP contribution is 2.39. The number of hydrogen-bond donors (Lipinski definition) is 1. The Morgan fingerprint density at radius 2 is 1.48 bits per heavy atom. The van der Waals surface area contributed by atoms with Gasteiger partial charge in [0.2, 0.25) is 0 Å². The van der Waals surface area contributed by atoms with E-state index in [2.05, 4.69) is 67.7 Å². The van der Waals surface area contributed by atoms with Crippen LogP contribution in [-0.4, -0.2) is 52.1 Å². The van der Waals surface area contributed by atoms with Crippen LogP contribution in [0.2, 0.25) is 36.3 Å². The SMILES string of the molecule is C[C@@H](O[Si](C)(C)C(C)(C)C)[C@@H](O)/C=C/[C@@H](O[Si](C)(C)C(C)(C)C)[C@@H]1CCC(=O)O1. The van der Waals surface area contributed by atoms with Gasteiger partial charge >= 0.3 is 5.97 Å². The highest BCUT2D eigenvalue weighted by molar-refractivity contribution is 6.74. The molecule has 0 unspecified atom stereocenters. The zero-order chi connectivity index (χ0) is 22.8. The fourth-order valence-corrected chi connectivity index (χ4v) is 5.31. The molecule has 1 heterocycles. The number of rotatable bonds is 8. The molecule has 7 heteroatoms. The van der Waals surface area contributed by atoms with Crippen molar-refractivity contribution < 1.29 is 23.5 Å². The Morgan fingerprint density at radius 1 is 1.00 bits per heavy atom. The standard InChI is InChI=1S/C22H44O5Si2/c1-16(26-28(8,9)21(2,3)4)17(23)12-13-19(18-14-15-20(24)25-18)27-29(10,11)22(5,6)7/h12-13,16-19,23H,14-15H2,1-11H3/b13-12+/t16-,17+,18+,19-/m1/s1. The van der Waals surface area contributed by atoms with Gasteiger partial charge in [-0.2, -0.15) is 0 Å². The van der Waals surface area contributed by atoms with Crippen molar-refractivity contribution in [3.63, 3.8) is 0 Å². The molecule has 0 aromatic rings. The zero-order valence-electron chi connectivity index (χ0n) is 20.5. The van der Waals surface area contributed by atoms with E-state index in [4.69, 9.17) is 13.6 Å². The lowest BCUT2D eigenvalue weighted by atomic mass is 10.1. The van der Waals surface area contributed by atoms with Crippen LogP contribution in [0.15, 0.2) is 12.2 Å². The molecular formula is C22H44O5Si2. The second-order valence-corrected chi connectivity index (χ2v) is 20.9. The van der Waals surface area contributed by atoms with Gasteiger partial charge in [-0.1, -0.05) is 53.7 Å². The van der Waals surface area contributed by atoms with Gasteiger partial charge in [0, 0.05) is 6.42 Å². The number of hydrogen-bond acceptors (Lipinski definition) is 5. The van der Waals surface area contributed by atoms with Crippen LogP contribution in [0.4, 0.5) is 0 Å². The topological polar surface area (TPSA) is 65.0 Å². The van der Waals surface area contributed by atoms with Gasteiger partial charge in [0.1, 0.15) is 12.2 Å². The van der Waals surface area contributed by atoms with Crippen LogP contribution in [0.1, 0.15) is 61.3 Å². The highest BCUT2D eigenvalue weighted by atomic mass is 28.4. The lowest BCUT2D eigenvalue weighted by molar-refractivity contribution is -0.143. The lowest BCUT2D eigenvalue weighted by Gasteiger charge is -2.40. The van der Waals surface area contributed by atoms with Gasteiger partial charge in [0.15, 0.2) is 16.6 Å². The number of carbonyl (C=O) groups excluding carboxylic acids is 1. The fourth-order valence-electron chi connectivity index (χ4n) is 2.63. The minimum absolute atomic E-state index is 0.0407. The molecule has 0 aromatic heterocycles. The maximum Gasteiger partial charge on any atom is 0.306 e. The molecule has 4 atom stereocenters. The second-order valence-electron chi connectivity index (χ2n) is 11.4. The van der Waals surface area contributed by atoms with Crippen LogP contribution >= 0.6 is 0 Å². The van der Waals surface area contributed by atoms with Crippen molar-refractivity contribution in [1.29, 1.82) is 0 Å². The second kappa shape index (κ2) is 9.34. The summed E-state index contributed by atoms with van der Waals surface area (Å²) in [4.78, 5) is 11.7. The predicted octanol–water partition coefficient (Wildman–Crippen LogP) is 5.41. The fraction of sp³-hybridized carbons (Fsp3) is 0.864. The summed E-state index contributed by atoms with van der Waals surface area (Å²) >= 11 is 0. The average Bonchev–Trinajstić information content (AvgIpc) is 2.94. The van der Waals surface area contributed by atoms with Crippen molar-refractivity contribution in [2.75, 3.05) is 0 Å². The first-order valence-corrected chi connectivity index (χ1v) is 16.6.